The van der Waals surface area contributed by atoms with Crippen LogP contribution in [0.5, 0.6) is 0 Å². The summed E-state index contributed by atoms with van der Waals surface area (Å²) in [5.74, 6) is 0.612. The van der Waals surface area contributed by atoms with E-state index in [1.54, 1.807) is 0 Å². The van der Waals surface area contributed by atoms with Crippen molar-refractivity contribution < 1.29 is 4.79 Å². The van der Waals surface area contributed by atoms with Crippen LogP contribution >= 0.6 is 0 Å². The summed E-state index contributed by atoms with van der Waals surface area (Å²) < 4.78 is 0. The number of hydrogen-bond donors (Lipinski definition) is 1. The molecule has 4 heteroatoms. The molecule has 2 fully saturated rings. The van der Waals surface area contributed by atoms with Crippen molar-refractivity contribution in [1.82, 2.24) is 9.80 Å². The number of carbonyl (C=O) groups excluding carboxylic acids is 1. The average molecular weight is 267 g/mol. The van der Waals surface area contributed by atoms with Crippen molar-refractivity contribution in [1.29, 1.82) is 0 Å². The maximum atomic E-state index is 12.5. The summed E-state index contributed by atoms with van der Waals surface area (Å²) in [6.07, 6.45) is 4.00. The summed E-state index contributed by atoms with van der Waals surface area (Å²) >= 11 is 0. The Morgan fingerprint density at radius 2 is 1.53 bits per heavy atom. The topological polar surface area (TPSA) is 49.6 Å². The van der Waals surface area contributed by atoms with Crippen molar-refractivity contribution in [3.63, 3.8) is 0 Å². The van der Waals surface area contributed by atoms with Crippen LogP contribution in [-0.4, -0.2) is 53.5 Å². The van der Waals surface area contributed by atoms with Gasteiger partial charge >= 0.3 is 0 Å². The average Bonchev–Trinajstić information content (AvgIpc) is 2.38. The third-order valence-electron chi connectivity index (χ3n) is 4.66. The van der Waals surface area contributed by atoms with E-state index in [0.29, 0.717) is 11.9 Å². The zero-order valence-electron chi connectivity index (χ0n) is 12.7. The number of rotatable bonds is 1. The molecule has 19 heavy (non-hydrogen) atoms. The van der Waals surface area contributed by atoms with Crippen LogP contribution in [0.15, 0.2) is 0 Å². The standard InChI is InChI=1S/C15H29N3O/c1-15(2,3)18-10-8-17(9-11-18)14(19)12-4-6-13(16)7-5-12/h12-13H,4-11,16H2,1-3H3/t12-,13-. The maximum absolute atomic E-state index is 12.5. The van der Waals surface area contributed by atoms with Gasteiger partial charge in [-0.25, -0.2) is 0 Å². The van der Waals surface area contributed by atoms with Gasteiger partial charge in [-0.3, -0.25) is 9.69 Å². The van der Waals surface area contributed by atoms with E-state index in [2.05, 4.69) is 30.6 Å². The lowest BCUT2D eigenvalue weighted by molar-refractivity contribution is -0.139. The van der Waals surface area contributed by atoms with Crippen molar-refractivity contribution in [2.75, 3.05) is 26.2 Å². The summed E-state index contributed by atoms with van der Waals surface area (Å²) in [4.78, 5) is 17.0. The van der Waals surface area contributed by atoms with Gasteiger partial charge in [0, 0.05) is 43.7 Å². The molecule has 1 aliphatic heterocycles. The smallest absolute Gasteiger partial charge is 0.225 e. The second-order valence-corrected chi connectivity index (χ2v) is 7.09. The van der Waals surface area contributed by atoms with Gasteiger partial charge < -0.3 is 10.6 Å². The first-order chi connectivity index (χ1) is 8.88. The number of nitrogens with zero attached hydrogens (tertiary/aromatic N) is 2. The summed E-state index contributed by atoms with van der Waals surface area (Å²) in [6.45, 7) is 10.5. The number of piperazine rings is 1. The van der Waals surface area contributed by atoms with Crippen LogP contribution in [0, 0.1) is 5.92 Å². The van der Waals surface area contributed by atoms with E-state index < -0.39 is 0 Å². The van der Waals surface area contributed by atoms with Gasteiger partial charge in [-0.1, -0.05) is 0 Å². The molecule has 0 spiro atoms. The van der Waals surface area contributed by atoms with Crippen LogP contribution in [0.3, 0.4) is 0 Å². The highest BCUT2D eigenvalue weighted by Crippen LogP contribution is 2.26. The fourth-order valence-corrected chi connectivity index (χ4v) is 3.22. The van der Waals surface area contributed by atoms with Crippen LogP contribution in [0.2, 0.25) is 0 Å². The first-order valence-corrected chi connectivity index (χ1v) is 7.67. The van der Waals surface area contributed by atoms with Crippen molar-refractivity contribution in [2.45, 2.75) is 58.0 Å². The fourth-order valence-electron chi connectivity index (χ4n) is 3.22. The lowest BCUT2D eigenvalue weighted by Crippen LogP contribution is -2.55. The van der Waals surface area contributed by atoms with Crippen LogP contribution in [-0.2, 0) is 4.79 Å². The van der Waals surface area contributed by atoms with Crippen LogP contribution in [0.4, 0.5) is 0 Å². The monoisotopic (exact) mass is 267 g/mol. The molecule has 0 atom stereocenters. The van der Waals surface area contributed by atoms with Gasteiger partial charge in [-0.05, 0) is 46.5 Å². The summed E-state index contributed by atoms with van der Waals surface area (Å²) in [6, 6.07) is 0.321. The fraction of sp³-hybridized carbons (Fsp3) is 0.933. The zero-order chi connectivity index (χ0) is 14.0. The summed E-state index contributed by atoms with van der Waals surface area (Å²) in [5, 5.41) is 0. The minimum Gasteiger partial charge on any atom is -0.340 e. The molecule has 0 aromatic carbocycles. The number of carbonyl (C=O) groups is 1. The second-order valence-electron chi connectivity index (χ2n) is 7.09. The molecule has 2 aliphatic rings. The second kappa shape index (κ2) is 5.80. The SMILES string of the molecule is CC(C)(C)N1CCN(C(=O)[C@H]2CC[C@H](N)CC2)CC1. The van der Waals surface area contributed by atoms with E-state index in [1.807, 2.05) is 0 Å². The molecular weight excluding hydrogens is 238 g/mol. The molecule has 1 amide bonds. The Kier molecular flexibility index (Phi) is 4.51. The molecule has 0 radical (unpaired) electrons. The van der Waals surface area contributed by atoms with Gasteiger partial charge in [-0.15, -0.1) is 0 Å². The van der Waals surface area contributed by atoms with Gasteiger partial charge in [-0.2, -0.15) is 0 Å². The lowest BCUT2D eigenvalue weighted by Gasteiger charge is -2.43. The number of nitrogens with two attached hydrogens (primary N) is 1. The van der Waals surface area contributed by atoms with Crippen LogP contribution in [0.25, 0.3) is 0 Å². The van der Waals surface area contributed by atoms with Crippen LogP contribution in [0.1, 0.15) is 46.5 Å². The Morgan fingerprint density at radius 3 is 2.00 bits per heavy atom. The molecule has 2 rings (SSSR count). The highest BCUT2D eigenvalue weighted by Gasteiger charge is 2.32. The Bertz CT molecular complexity index is 308. The van der Waals surface area contributed by atoms with Gasteiger partial charge in [0.1, 0.15) is 0 Å². The van der Waals surface area contributed by atoms with E-state index in [-0.39, 0.29) is 11.5 Å². The van der Waals surface area contributed by atoms with Crippen LogP contribution < -0.4 is 5.73 Å². The first-order valence-electron chi connectivity index (χ1n) is 7.67. The molecule has 1 saturated heterocycles. The molecule has 2 N–H and O–H groups in total. The van der Waals surface area contributed by atoms with E-state index in [1.165, 1.54) is 0 Å². The summed E-state index contributed by atoms with van der Waals surface area (Å²) in [5.41, 5.74) is 6.13. The molecule has 4 nitrogen and oxygen atoms in total. The summed E-state index contributed by atoms with van der Waals surface area (Å²) in [7, 11) is 0. The molecule has 0 bridgehead atoms. The van der Waals surface area contributed by atoms with E-state index in [9.17, 15) is 4.79 Å². The quantitative estimate of drug-likeness (QED) is 0.782. The predicted octanol–water partition coefficient (Wildman–Crippen LogP) is 1.45. The largest absolute Gasteiger partial charge is 0.340 e. The van der Waals surface area contributed by atoms with Crippen molar-refractivity contribution in [3.05, 3.63) is 0 Å². The molecule has 0 aromatic rings. The Hall–Kier alpha value is -0.610. The molecule has 1 saturated carbocycles. The third-order valence-corrected chi connectivity index (χ3v) is 4.66. The Morgan fingerprint density at radius 1 is 1.00 bits per heavy atom. The van der Waals surface area contributed by atoms with Crippen molar-refractivity contribution >= 4 is 5.91 Å². The molecule has 0 aromatic heterocycles. The highest BCUT2D eigenvalue weighted by molar-refractivity contribution is 5.79. The normalized spacial score (nSPS) is 30.4. The van der Waals surface area contributed by atoms with E-state index in [0.717, 1.165) is 51.9 Å². The molecule has 110 valence electrons. The highest BCUT2D eigenvalue weighted by atomic mass is 16.2. The lowest BCUT2D eigenvalue weighted by atomic mass is 9.85. The third kappa shape index (κ3) is 3.69. The first kappa shape index (κ1) is 14.8. The van der Waals surface area contributed by atoms with E-state index in [4.69, 9.17) is 5.73 Å². The molecule has 0 unspecified atom stereocenters. The molecule has 1 aliphatic carbocycles. The predicted molar refractivity (Wildman–Crippen MR) is 77.8 cm³/mol. The molecular formula is C15H29N3O. The number of hydrogen-bond acceptors (Lipinski definition) is 3. The minimum absolute atomic E-state index is 0.215. The van der Waals surface area contributed by atoms with Gasteiger partial charge in [0.25, 0.3) is 0 Å². The van der Waals surface area contributed by atoms with Crippen molar-refractivity contribution in [2.24, 2.45) is 11.7 Å². The Labute approximate surface area is 117 Å². The van der Waals surface area contributed by atoms with Gasteiger partial charge in [0.05, 0.1) is 0 Å². The van der Waals surface area contributed by atoms with Gasteiger partial charge in [0.15, 0.2) is 0 Å². The van der Waals surface area contributed by atoms with E-state index >= 15 is 0 Å². The molecule has 1 heterocycles. The zero-order valence-corrected chi connectivity index (χ0v) is 12.7. The Balaban J connectivity index is 1.82. The maximum Gasteiger partial charge on any atom is 0.225 e. The van der Waals surface area contributed by atoms with Crippen molar-refractivity contribution in [3.8, 4) is 0 Å². The number of amides is 1. The minimum atomic E-state index is 0.215. The van der Waals surface area contributed by atoms with Gasteiger partial charge in [0.2, 0.25) is 5.91 Å².